The molecule has 2 aliphatic carbocycles. The van der Waals surface area contributed by atoms with Crippen LogP contribution >= 0.6 is 0 Å². The topological polar surface area (TPSA) is 77.3 Å². The number of nitrogens with zero attached hydrogens (tertiary/aromatic N) is 6. The predicted molar refractivity (Wildman–Crippen MR) is 258 cm³/mol. The summed E-state index contributed by atoms with van der Waals surface area (Å²) in [5, 5.41) is 0.943. The van der Waals surface area contributed by atoms with E-state index >= 15 is 0 Å². The number of aromatic nitrogens is 6. The summed E-state index contributed by atoms with van der Waals surface area (Å²) in [5.41, 5.74) is 21.5. The Morgan fingerprint density at radius 1 is 0.359 bits per heavy atom. The molecule has 0 aliphatic heterocycles. The van der Waals surface area contributed by atoms with E-state index < -0.39 is 0 Å². The van der Waals surface area contributed by atoms with Gasteiger partial charge in [0.2, 0.25) is 0 Å². The van der Waals surface area contributed by atoms with Crippen LogP contribution in [0.25, 0.3) is 101 Å². The van der Waals surface area contributed by atoms with Gasteiger partial charge in [0.15, 0.2) is 5.82 Å². The van der Waals surface area contributed by atoms with Crippen molar-refractivity contribution in [2.24, 2.45) is 0 Å². The SMILES string of the molecule is CC1(C)c2ccccc2-c2ccc(-c3cc(-c4ccc5c(c4)C(C)(C)c4ccccc4-5)c4nc(-c5ccc(-c6cccnc6)nc5)nc(-c5ccc(-c6cccnc6)nc5)c4c3)cc21. The Bertz CT molecular complexity index is 3470. The molecule has 0 bridgehead atoms. The molecule has 6 heteroatoms. The average molecular weight is 823 g/mol. The second kappa shape index (κ2) is 14.3. The molecule has 6 nitrogen and oxygen atoms in total. The molecule has 0 radical (unpaired) electrons. The first kappa shape index (κ1) is 37.8. The van der Waals surface area contributed by atoms with Gasteiger partial charge in [-0.25, -0.2) is 9.97 Å². The van der Waals surface area contributed by atoms with Crippen molar-refractivity contribution in [3.63, 3.8) is 0 Å². The van der Waals surface area contributed by atoms with Gasteiger partial charge in [-0.2, -0.15) is 0 Å². The zero-order chi connectivity index (χ0) is 43.2. The van der Waals surface area contributed by atoms with Crippen molar-refractivity contribution in [3.05, 3.63) is 205 Å². The Labute approximate surface area is 372 Å². The Morgan fingerprint density at radius 2 is 0.891 bits per heavy atom. The van der Waals surface area contributed by atoms with Gasteiger partial charge in [-0.15, -0.1) is 0 Å². The summed E-state index contributed by atoms with van der Waals surface area (Å²) in [6.07, 6.45) is 11.0. The van der Waals surface area contributed by atoms with Gasteiger partial charge in [-0.05, 0) is 134 Å². The van der Waals surface area contributed by atoms with Crippen molar-refractivity contribution in [1.29, 1.82) is 0 Å². The van der Waals surface area contributed by atoms with E-state index in [2.05, 4.69) is 153 Å². The summed E-state index contributed by atoms with van der Waals surface area (Å²) in [7, 11) is 0. The maximum Gasteiger partial charge on any atom is 0.162 e. The fraction of sp³-hybridized carbons (Fsp3) is 0.103. The monoisotopic (exact) mass is 822 g/mol. The van der Waals surface area contributed by atoms with Crippen LogP contribution in [0, 0.1) is 0 Å². The minimum Gasteiger partial charge on any atom is -0.264 e. The van der Waals surface area contributed by atoms with Gasteiger partial charge in [0, 0.05) is 81.2 Å². The van der Waals surface area contributed by atoms with Crippen LogP contribution in [0.2, 0.25) is 0 Å². The molecule has 304 valence electrons. The van der Waals surface area contributed by atoms with Gasteiger partial charge < -0.3 is 0 Å². The molecule has 0 fully saturated rings. The normalized spacial score (nSPS) is 13.9. The first-order valence-electron chi connectivity index (χ1n) is 21.8. The second-order valence-electron chi connectivity index (χ2n) is 18.0. The molecule has 5 aromatic heterocycles. The van der Waals surface area contributed by atoms with E-state index in [1.165, 1.54) is 44.5 Å². The van der Waals surface area contributed by atoms with E-state index in [4.69, 9.17) is 19.9 Å². The Hall–Kier alpha value is -7.96. The van der Waals surface area contributed by atoms with Crippen LogP contribution in [0.3, 0.4) is 0 Å². The summed E-state index contributed by atoms with van der Waals surface area (Å²) in [5.74, 6) is 0.587. The van der Waals surface area contributed by atoms with Crippen molar-refractivity contribution in [2.45, 2.75) is 38.5 Å². The first-order valence-corrected chi connectivity index (χ1v) is 21.8. The Balaban J connectivity index is 1.11. The molecule has 0 amide bonds. The quantitative estimate of drug-likeness (QED) is 0.166. The van der Waals surface area contributed by atoms with Gasteiger partial charge in [0.1, 0.15) is 0 Å². The number of pyridine rings is 4. The summed E-state index contributed by atoms with van der Waals surface area (Å²) in [6.45, 7) is 9.35. The summed E-state index contributed by atoms with van der Waals surface area (Å²) in [4.78, 5) is 29.4. The van der Waals surface area contributed by atoms with Gasteiger partial charge in [-0.1, -0.05) is 100 Å². The highest BCUT2D eigenvalue weighted by molar-refractivity contribution is 6.05. The lowest BCUT2D eigenvalue weighted by Crippen LogP contribution is -2.15. The van der Waals surface area contributed by atoms with Crippen LogP contribution in [0.1, 0.15) is 49.9 Å². The average Bonchev–Trinajstić information content (AvgIpc) is 3.72. The molecule has 0 N–H and O–H groups in total. The highest BCUT2D eigenvalue weighted by Crippen LogP contribution is 2.52. The number of fused-ring (bicyclic) bond motifs is 7. The maximum atomic E-state index is 5.50. The van der Waals surface area contributed by atoms with E-state index in [0.29, 0.717) is 5.82 Å². The second-order valence-corrected chi connectivity index (χ2v) is 18.0. The van der Waals surface area contributed by atoms with Crippen LogP contribution in [-0.4, -0.2) is 29.9 Å². The van der Waals surface area contributed by atoms with E-state index in [1.54, 1.807) is 12.4 Å². The summed E-state index contributed by atoms with van der Waals surface area (Å²) >= 11 is 0. The molecule has 64 heavy (non-hydrogen) atoms. The third-order valence-electron chi connectivity index (χ3n) is 13.6. The van der Waals surface area contributed by atoms with E-state index in [-0.39, 0.29) is 10.8 Å². The lowest BCUT2D eigenvalue weighted by Gasteiger charge is -2.23. The van der Waals surface area contributed by atoms with Gasteiger partial charge in [0.05, 0.1) is 22.6 Å². The standard InChI is InChI=1S/C58H42N6/c1-57(2)48-15-7-5-13-42(48)44-21-17-35(29-50(44)57)41-27-46(36-18-22-45-43-14-6-8-16-49(43)58(3,4)51(45)30-36)55-47(28-41)54(39-19-23-52(61-33-39)37-11-9-25-59-31-37)63-56(64-55)40-20-24-53(62-34-40)38-12-10-26-60-32-38/h5-34H,1-4H3. The molecule has 5 heterocycles. The molecular formula is C58H42N6. The Morgan fingerprint density at radius 3 is 1.45 bits per heavy atom. The molecule has 5 aromatic carbocycles. The highest BCUT2D eigenvalue weighted by Gasteiger charge is 2.37. The number of rotatable bonds is 6. The van der Waals surface area contributed by atoms with Crippen LogP contribution in [0.5, 0.6) is 0 Å². The zero-order valence-corrected chi connectivity index (χ0v) is 36.0. The molecule has 10 aromatic rings. The molecule has 0 saturated carbocycles. The molecule has 0 unspecified atom stereocenters. The minimum atomic E-state index is -0.176. The fourth-order valence-corrected chi connectivity index (χ4v) is 10.2. The zero-order valence-electron chi connectivity index (χ0n) is 36.0. The highest BCUT2D eigenvalue weighted by atomic mass is 14.9. The lowest BCUT2D eigenvalue weighted by molar-refractivity contribution is 0.660. The number of benzene rings is 5. The summed E-state index contributed by atoms with van der Waals surface area (Å²) in [6, 6.07) is 52.3. The molecule has 0 saturated heterocycles. The van der Waals surface area contributed by atoms with Crippen LogP contribution in [-0.2, 0) is 10.8 Å². The lowest BCUT2D eigenvalue weighted by atomic mass is 9.81. The molecule has 0 atom stereocenters. The molecular weight excluding hydrogens is 781 g/mol. The van der Waals surface area contributed by atoms with E-state index in [1.807, 2.05) is 55.1 Å². The molecule has 0 spiro atoms. The first-order chi connectivity index (χ1) is 31.2. The number of hydrogen-bond donors (Lipinski definition) is 0. The summed E-state index contributed by atoms with van der Waals surface area (Å²) < 4.78 is 0. The maximum absolute atomic E-state index is 5.50. The van der Waals surface area contributed by atoms with Gasteiger partial charge >= 0.3 is 0 Å². The largest absolute Gasteiger partial charge is 0.264 e. The number of hydrogen-bond acceptors (Lipinski definition) is 6. The van der Waals surface area contributed by atoms with Gasteiger partial charge in [0.25, 0.3) is 0 Å². The van der Waals surface area contributed by atoms with Crippen molar-refractivity contribution >= 4 is 10.9 Å². The smallest absolute Gasteiger partial charge is 0.162 e. The molecule has 12 rings (SSSR count). The fourth-order valence-electron chi connectivity index (χ4n) is 10.2. The van der Waals surface area contributed by atoms with Gasteiger partial charge in [-0.3, -0.25) is 19.9 Å². The Kier molecular flexibility index (Phi) is 8.44. The third-order valence-corrected chi connectivity index (χ3v) is 13.6. The van der Waals surface area contributed by atoms with E-state index in [0.717, 1.165) is 72.5 Å². The van der Waals surface area contributed by atoms with Crippen molar-refractivity contribution in [3.8, 4) is 89.7 Å². The van der Waals surface area contributed by atoms with Crippen LogP contribution < -0.4 is 0 Å². The van der Waals surface area contributed by atoms with Crippen molar-refractivity contribution in [1.82, 2.24) is 29.9 Å². The van der Waals surface area contributed by atoms with Crippen molar-refractivity contribution < 1.29 is 0 Å². The van der Waals surface area contributed by atoms with E-state index in [9.17, 15) is 0 Å². The van der Waals surface area contributed by atoms with Crippen LogP contribution in [0.15, 0.2) is 183 Å². The van der Waals surface area contributed by atoms with Crippen LogP contribution in [0.4, 0.5) is 0 Å². The molecule has 2 aliphatic rings. The predicted octanol–water partition coefficient (Wildman–Crippen LogP) is 13.8. The van der Waals surface area contributed by atoms with Crippen molar-refractivity contribution in [2.75, 3.05) is 0 Å². The minimum absolute atomic E-state index is 0.145. The third kappa shape index (κ3) is 5.94.